The summed E-state index contributed by atoms with van der Waals surface area (Å²) in [4.78, 5) is 11.3. The van der Waals surface area contributed by atoms with Crippen LogP contribution in [-0.4, -0.2) is 38.8 Å². The average Bonchev–Trinajstić information content (AvgIpc) is 2.24. The zero-order valence-electron chi connectivity index (χ0n) is 10.1. The van der Waals surface area contributed by atoms with Gasteiger partial charge in [-0.05, 0) is 19.8 Å². The minimum Gasteiger partial charge on any atom is -0.385 e. The molecule has 4 heteroatoms. The number of methoxy groups -OCH3 is 1. The summed E-state index contributed by atoms with van der Waals surface area (Å²) in [6.45, 7) is 6.41. The topological polar surface area (TPSA) is 50.4 Å². The highest BCUT2D eigenvalue weighted by Gasteiger charge is 2.01. The fourth-order valence-corrected chi connectivity index (χ4v) is 1.11. The average molecular weight is 216 g/mol. The Labute approximate surface area is 92.8 Å². The lowest BCUT2D eigenvalue weighted by Gasteiger charge is -2.10. The highest BCUT2D eigenvalue weighted by molar-refractivity contribution is 5.75. The zero-order valence-corrected chi connectivity index (χ0v) is 10.1. The summed E-state index contributed by atoms with van der Waals surface area (Å²) in [5.41, 5.74) is 0. The first-order valence-corrected chi connectivity index (χ1v) is 5.69. The second kappa shape index (κ2) is 9.93. The second-order valence-corrected chi connectivity index (χ2v) is 3.71. The van der Waals surface area contributed by atoms with Crippen molar-refractivity contribution in [2.45, 2.75) is 39.2 Å². The molecule has 0 aliphatic rings. The Morgan fingerprint density at radius 1 is 1.40 bits per heavy atom. The molecule has 0 spiro atoms. The summed E-state index contributed by atoms with van der Waals surface area (Å²) in [5, 5.41) is 6.13. The number of hydrogen-bond acceptors (Lipinski definition) is 3. The summed E-state index contributed by atoms with van der Waals surface area (Å²) in [7, 11) is 1.66. The Hall–Kier alpha value is -0.610. The third kappa shape index (κ3) is 9.69. The Kier molecular flexibility index (Phi) is 9.52. The summed E-state index contributed by atoms with van der Waals surface area (Å²) in [6.07, 6.45) is 2.52. The second-order valence-electron chi connectivity index (χ2n) is 3.71. The third-order valence-corrected chi connectivity index (χ3v) is 2.30. The van der Waals surface area contributed by atoms with Gasteiger partial charge < -0.3 is 15.4 Å². The van der Waals surface area contributed by atoms with Gasteiger partial charge in [-0.15, -0.1) is 0 Å². The quantitative estimate of drug-likeness (QED) is 0.563. The number of carbonyl (C=O) groups excluding carboxylic acids is 1. The molecule has 0 aliphatic heterocycles. The number of nitrogens with one attached hydrogen (secondary N) is 2. The fourth-order valence-electron chi connectivity index (χ4n) is 1.11. The molecule has 15 heavy (non-hydrogen) atoms. The van der Waals surface area contributed by atoms with Gasteiger partial charge in [-0.1, -0.05) is 6.92 Å². The Balaban J connectivity index is 3.26. The molecule has 0 rings (SSSR count). The van der Waals surface area contributed by atoms with E-state index in [1.807, 2.05) is 0 Å². The largest absolute Gasteiger partial charge is 0.385 e. The summed E-state index contributed by atoms with van der Waals surface area (Å²) in [5.74, 6) is 0.113. The molecule has 0 aliphatic carbocycles. The van der Waals surface area contributed by atoms with E-state index in [1.165, 1.54) is 0 Å². The van der Waals surface area contributed by atoms with Gasteiger partial charge in [0, 0.05) is 39.3 Å². The van der Waals surface area contributed by atoms with Gasteiger partial charge in [-0.2, -0.15) is 0 Å². The molecular weight excluding hydrogens is 192 g/mol. The first-order chi connectivity index (χ1) is 7.20. The number of rotatable bonds is 9. The molecule has 0 saturated heterocycles. The minimum absolute atomic E-state index is 0.113. The van der Waals surface area contributed by atoms with E-state index in [0.29, 0.717) is 25.6 Å². The third-order valence-electron chi connectivity index (χ3n) is 2.30. The number of ether oxygens (including phenoxy) is 1. The van der Waals surface area contributed by atoms with Crippen LogP contribution in [-0.2, 0) is 9.53 Å². The minimum atomic E-state index is 0.113. The Morgan fingerprint density at radius 2 is 2.13 bits per heavy atom. The molecule has 0 fully saturated rings. The van der Waals surface area contributed by atoms with Gasteiger partial charge in [0.1, 0.15) is 0 Å². The smallest absolute Gasteiger partial charge is 0.221 e. The van der Waals surface area contributed by atoms with Crippen LogP contribution in [0.1, 0.15) is 33.1 Å². The van der Waals surface area contributed by atoms with E-state index in [0.717, 1.165) is 19.4 Å². The first kappa shape index (κ1) is 14.4. The SMILES string of the molecule is CCC(C)NCCC(=O)NCCCOC. The van der Waals surface area contributed by atoms with Crippen molar-refractivity contribution in [1.29, 1.82) is 0 Å². The van der Waals surface area contributed by atoms with Gasteiger partial charge in [-0.3, -0.25) is 4.79 Å². The van der Waals surface area contributed by atoms with Crippen LogP contribution >= 0.6 is 0 Å². The molecule has 0 aromatic carbocycles. The first-order valence-electron chi connectivity index (χ1n) is 5.69. The van der Waals surface area contributed by atoms with Crippen LogP contribution in [0.15, 0.2) is 0 Å². The fraction of sp³-hybridized carbons (Fsp3) is 0.909. The molecule has 1 atom stereocenters. The van der Waals surface area contributed by atoms with Gasteiger partial charge >= 0.3 is 0 Å². The molecule has 1 unspecified atom stereocenters. The highest BCUT2D eigenvalue weighted by atomic mass is 16.5. The maximum absolute atomic E-state index is 11.3. The van der Waals surface area contributed by atoms with E-state index in [4.69, 9.17) is 4.74 Å². The Morgan fingerprint density at radius 3 is 2.73 bits per heavy atom. The van der Waals surface area contributed by atoms with Crippen LogP contribution in [0, 0.1) is 0 Å². The van der Waals surface area contributed by atoms with Crippen molar-refractivity contribution in [2.24, 2.45) is 0 Å². The van der Waals surface area contributed by atoms with Crippen molar-refractivity contribution in [1.82, 2.24) is 10.6 Å². The summed E-state index contributed by atoms with van der Waals surface area (Å²) in [6, 6.07) is 0.492. The van der Waals surface area contributed by atoms with E-state index < -0.39 is 0 Å². The predicted octanol–water partition coefficient (Wildman–Crippen LogP) is 0.917. The molecule has 0 aromatic heterocycles. The number of carbonyl (C=O) groups is 1. The monoisotopic (exact) mass is 216 g/mol. The van der Waals surface area contributed by atoms with Crippen molar-refractivity contribution in [2.75, 3.05) is 26.8 Å². The molecular formula is C11H24N2O2. The van der Waals surface area contributed by atoms with Crippen molar-refractivity contribution >= 4 is 5.91 Å². The van der Waals surface area contributed by atoms with Crippen LogP contribution in [0.5, 0.6) is 0 Å². The summed E-state index contributed by atoms with van der Waals surface area (Å²) < 4.78 is 4.89. The lowest BCUT2D eigenvalue weighted by molar-refractivity contribution is -0.121. The molecule has 0 bridgehead atoms. The summed E-state index contributed by atoms with van der Waals surface area (Å²) >= 11 is 0. The van der Waals surface area contributed by atoms with Crippen molar-refractivity contribution in [3.8, 4) is 0 Å². The standard InChI is InChI=1S/C11H24N2O2/c1-4-10(2)12-8-6-11(14)13-7-5-9-15-3/h10,12H,4-9H2,1-3H3,(H,13,14). The van der Waals surface area contributed by atoms with Crippen molar-refractivity contribution in [3.63, 3.8) is 0 Å². The molecule has 0 saturated carbocycles. The molecule has 4 nitrogen and oxygen atoms in total. The predicted molar refractivity (Wildman–Crippen MR) is 61.9 cm³/mol. The lowest BCUT2D eigenvalue weighted by Crippen LogP contribution is -2.32. The normalized spacial score (nSPS) is 12.5. The molecule has 90 valence electrons. The maximum atomic E-state index is 11.3. The van der Waals surface area contributed by atoms with Gasteiger partial charge in [-0.25, -0.2) is 0 Å². The van der Waals surface area contributed by atoms with Crippen LogP contribution in [0.2, 0.25) is 0 Å². The molecule has 2 N–H and O–H groups in total. The maximum Gasteiger partial charge on any atom is 0.221 e. The van der Waals surface area contributed by atoms with Gasteiger partial charge in [0.05, 0.1) is 0 Å². The molecule has 1 amide bonds. The van der Waals surface area contributed by atoms with Crippen molar-refractivity contribution in [3.05, 3.63) is 0 Å². The van der Waals surface area contributed by atoms with Gasteiger partial charge in [0.2, 0.25) is 5.91 Å². The molecule has 0 heterocycles. The van der Waals surface area contributed by atoms with E-state index in [-0.39, 0.29) is 5.91 Å². The van der Waals surface area contributed by atoms with Gasteiger partial charge in [0.15, 0.2) is 0 Å². The van der Waals surface area contributed by atoms with Crippen molar-refractivity contribution < 1.29 is 9.53 Å². The van der Waals surface area contributed by atoms with Crippen LogP contribution in [0.3, 0.4) is 0 Å². The highest BCUT2D eigenvalue weighted by Crippen LogP contribution is 1.88. The van der Waals surface area contributed by atoms with Gasteiger partial charge in [0.25, 0.3) is 0 Å². The molecule has 0 radical (unpaired) electrons. The van der Waals surface area contributed by atoms with E-state index in [9.17, 15) is 4.79 Å². The lowest BCUT2D eigenvalue weighted by atomic mass is 10.2. The van der Waals surface area contributed by atoms with Crippen LogP contribution in [0.4, 0.5) is 0 Å². The Bertz CT molecular complexity index is 163. The van der Waals surface area contributed by atoms with E-state index >= 15 is 0 Å². The number of amides is 1. The molecule has 0 aromatic rings. The zero-order chi connectivity index (χ0) is 11.5. The van der Waals surface area contributed by atoms with Crippen LogP contribution in [0.25, 0.3) is 0 Å². The van der Waals surface area contributed by atoms with E-state index in [2.05, 4.69) is 24.5 Å². The number of hydrogen-bond donors (Lipinski definition) is 2. The van der Waals surface area contributed by atoms with E-state index in [1.54, 1.807) is 7.11 Å². The van der Waals surface area contributed by atoms with Crippen LogP contribution < -0.4 is 10.6 Å².